The van der Waals surface area contributed by atoms with Crippen LogP contribution < -0.4 is 4.90 Å². The van der Waals surface area contributed by atoms with E-state index in [1.165, 1.54) is 7.11 Å². The van der Waals surface area contributed by atoms with Gasteiger partial charge in [0.25, 0.3) is 0 Å². The van der Waals surface area contributed by atoms with E-state index < -0.39 is 0 Å². The molecule has 110 valence electrons. The highest BCUT2D eigenvalue weighted by atomic mass is 16.5. The molecule has 0 spiro atoms. The fourth-order valence-corrected chi connectivity index (χ4v) is 2.31. The van der Waals surface area contributed by atoms with E-state index in [1.807, 2.05) is 0 Å². The zero-order valence-electron chi connectivity index (χ0n) is 11.6. The van der Waals surface area contributed by atoms with Gasteiger partial charge >= 0.3 is 5.97 Å². The highest BCUT2D eigenvalue weighted by molar-refractivity contribution is 5.90. The Morgan fingerprint density at radius 3 is 2.90 bits per heavy atom. The first kappa shape index (κ1) is 14.7. The maximum absolute atomic E-state index is 11.5. The molecule has 0 aliphatic carbocycles. The van der Waals surface area contributed by atoms with Crippen LogP contribution in [0.2, 0.25) is 0 Å². The van der Waals surface area contributed by atoms with E-state index in [2.05, 4.69) is 9.88 Å². The first-order valence-corrected chi connectivity index (χ1v) is 6.76. The van der Waals surface area contributed by atoms with E-state index in [1.54, 1.807) is 18.3 Å². The summed E-state index contributed by atoms with van der Waals surface area (Å²) in [5, 5.41) is 8.74. The Morgan fingerprint density at radius 2 is 2.25 bits per heavy atom. The summed E-state index contributed by atoms with van der Waals surface area (Å²) in [6.45, 7) is 2.10. The minimum atomic E-state index is -0.352. The molecule has 0 atom stereocenters. The number of nitrogens with zero attached hydrogens (tertiary/aromatic N) is 2. The Labute approximate surface area is 118 Å². The molecule has 1 aliphatic heterocycles. The summed E-state index contributed by atoms with van der Waals surface area (Å²) >= 11 is 0. The van der Waals surface area contributed by atoms with Crippen LogP contribution in [-0.4, -0.2) is 55.6 Å². The number of methoxy groups -OCH3 is 1. The first-order chi connectivity index (χ1) is 9.74. The van der Waals surface area contributed by atoms with Gasteiger partial charge in [-0.3, -0.25) is 0 Å². The average Bonchev–Trinajstić information content (AvgIpc) is 2.52. The lowest BCUT2D eigenvalue weighted by molar-refractivity contribution is 0.0158. The van der Waals surface area contributed by atoms with Crippen LogP contribution in [-0.2, 0) is 9.47 Å². The lowest BCUT2D eigenvalue weighted by Crippen LogP contribution is -2.37. The van der Waals surface area contributed by atoms with Gasteiger partial charge < -0.3 is 19.5 Å². The van der Waals surface area contributed by atoms with Crippen molar-refractivity contribution in [2.24, 2.45) is 0 Å². The number of piperidine rings is 1. The van der Waals surface area contributed by atoms with Crippen molar-refractivity contribution in [1.82, 2.24) is 4.98 Å². The van der Waals surface area contributed by atoms with Gasteiger partial charge in [-0.05, 0) is 25.0 Å². The quantitative estimate of drug-likeness (QED) is 0.806. The molecule has 2 rings (SSSR count). The maximum Gasteiger partial charge on any atom is 0.338 e. The Balaban J connectivity index is 1.95. The molecule has 1 saturated heterocycles. The summed E-state index contributed by atoms with van der Waals surface area (Å²) in [6, 6.07) is 3.40. The second-order valence-corrected chi connectivity index (χ2v) is 4.68. The number of hydrogen-bond acceptors (Lipinski definition) is 6. The second-order valence-electron chi connectivity index (χ2n) is 4.68. The number of rotatable bonds is 5. The molecule has 2 heterocycles. The minimum Gasteiger partial charge on any atom is -0.465 e. The van der Waals surface area contributed by atoms with Crippen molar-refractivity contribution in [2.75, 3.05) is 38.3 Å². The van der Waals surface area contributed by atoms with Crippen LogP contribution in [0.5, 0.6) is 0 Å². The van der Waals surface area contributed by atoms with Crippen LogP contribution in [0.4, 0.5) is 5.82 Å². The van der Waals surface area contributed by atoms with Gasteiger partial charge in [0.1, 0.15) is 5.82 Å². The first-order valence-electron chi connectivity index (χ1n) is 6.76. The third kappa shape index (κ3) is 3.68. The lowest BCUT2D eigenvalue weighted by atomic mass is 10.1. The van der Waals surface area contributed by atoms with Crippen molar-refractivity contribution in [3.63, 3.8) is 0 Å². The largest absolute Gasteiger partial charge is 0.465 e. The highest BCUT2D eigenvalue weighted by Gasteiger charge is 2.21. The Bertz CT molecular complexity index is 445. The molecule has 0 unspecified atom stereocenters. The van der Waals surface area contributed by atoms with Crippen molar-refractivity contribution < 1.29 is 19.4 Å². The molecule has 0 aromatic carbocycles. The summed E-state index contributed by atoms with van der Waals surface area (Å²) in [5.74, 6) is 0.434. The van der Waals surface area contributed by atoms with Gasteiger partial charge in [0, 0.05) is 19.3 Å². The molecule has 6 nitrogen and oxygen atoms in total. The minimum absolute atomic E-state index is 0.0585. The number of carbonyl (C=O) groups is 1. The predicted molar refractivity (Wildman–Crippen MR) is 73.8 cm³/mol. The summed E-state index contributed by atoms with van der Waals surface area (Å²) < 4.78 is 10.2. The summed E-state index contributed by atoms with van der Waals surface area (Å²) in [4.78, 5) is 17.9. The van der Waals surface area contributed by atoms with Crippen molar-refractivity contribution in [1.29, 1.82) is 0 Å². The summed E-state index contributed by atoms with van der Waals surface area (Å²) in [6.07, 6.45) is 3.60. The topological polar surface area (TPSA) is 71.9 Å². The Kier molecular flexibility index (Phi) is 5.31. The van der Waals surface area contributed by atoms with Gasteiger partial charge in [-0.1, -0.05) is 0 Å². The van der Waals surface area contributed by atoms with E-state index >= 15 is 0 Å². The number of hydrogen-bond donors (Lipinski definition) is 1. The smallest absolute Gasteiger partial charge is 0.338 e. The van der Waals surface area contributed by atoms with Gasteiger partial charge in [-0.25, -0.2) is 9.78 Å². The van der Waals surface area contributed by atoms with E-state index in [-0.39, 0.29) is 18.7 Å². The van der Waals surface area contributed by atoms with E-state index in [4.69, 9.17) is 14.6 Å². The van der Waals surface area contributed by atoms with Crippen LogP contribution >= 0.6 is 0 Å². The zero-order chi connectivity index (χ0) is 14.4. The molecule has 1 fully saturated rings. The number of pyridine rings is 1. The van der Waals surface area contributed by atoms with Crippen LogP contribution in [0.25, 0.3) is 0 Å². The third-order valence-electron chi connectivity index (χ3n) is 3.38. The van der Waals surface area contributed by atoms with E-state index in [9.17, 15) is 4.79 Å². The van der Waals surface area contributed by atoms with Crippen molar-refractivity contribution in [3.8, 4) is 0 Å². The van der Waals surface area contributed by atoms with Crippen LogP contribution in [0.3, 0.4) is 0 Å². The zero-order valence-corrected chi connectivity index (χ0v) is 11.6. The maximum atomic E-state index is 11.5. The van der Waals surface area contributed by atoms with Crippen LogP contribution in [0.1, 0.15) is 23.2 Å². The van der Waals surface area contributed by atoms with E-state index in [0.29, 0.717) is 12.2 Å². The summed E-state index contributed by atoms with van der Waals surface area (Å²) in [5.41, 5.74) is 0.510. The summed E-state index contributed by atoms with van der Waals surface area (Å²) in [7, 11) is 1.37. The molecule has 0 bridgehead atoms. The van der Waals surface area contributed by atoms with Gasteiger partial charge in [-0.2, -0.15) is 0 Å². The monoisotopic (exact) mass is 280 g/mol. The molecule has 1 aromatic rings. The standard InChI is InChI=1S/C14H20N2O4/c1-19-14(18)11-2-5-15-13(10-11)16-6-3-12(4-7-16)20-9-8-17/h2,5,10,12,17H,3-4,6-9H2,1H3. The number of ether oxygens (including phenoxy) is 2. The number of anilines is 1. The Morgan fingerprint density at radius 1 is 1.50 bits per heavy atom. The fourth-order valence-electron chi connectivity index (χ4n) is 2.31. The van der Waals surface area contributed by atoms with Gasteiger partial charge in [0.15, 0.2) is 0 Å². The van der Waals surface area contributed by atoms with Crippen molar-refractivity contribution in [2.45, 2.75) is 18.9 Å². The molecular weight excluding hydrogens is 260 g/mol. The van der Waals surface area contributed by atoms with Crippen molar-refractivity contribution >= 4 is 11.8 Å². The lowest BCUT2D eigenvalue weighted by Gasteiger charge is -2.32. The van der Waals surface area contributed by atoms with E-state index in [0.717, 1.165) is 31.7 Å². The molecule has 0 saturated carbocycles. The van der Waals surface area contributed by atoms with Crippen LogP contribution in [0.15, 0.2) is 18.3 Å². The molecule has 1 aliphatic rings. The van der Waals surface area contributed by atoms with Gasteiger partial charge in [0.2, 0.25) is 0 Å². The number of aromatic nitrogens is 1. The van der Waals surface area contributed by atoms with Gasteiger partial charge in [0.05, 0.1) is 32.0 Å². The highest BCUT2D eigenvalue weighted by Crippen LogP contribution is 2.20. The molecule has 1 aromatic heterocycles. The number of esters is 1. The van der Waals surface area contributed by atoms with Crippen molar-refractivity contribution in [3.05, 3.63) is 23.9 Å². The predicted octanol–water partition coefficient (Wildman–Crippen LogP) is 0.846. The molecule has 20 heavy (non-hydrogen) atoms. The SMILES string of the molecule is COC(=O)c1ccnc(N2CCC(OCCO)CC2)c1. The van der Waals surface area contributed by atoms with Gasteiger partial charge in [-0.15, -0.1) is 0 Å². The molecular formula is C14H20N2O4. The third-order valence-corrected chi connectivity index (χ3v) is 3.38. The van der Waals surface area contributed by atoms with Crippen LogP contribution in [0, 0.1) is 0 Å². The normalized spacial score (nSPS) is 16.2. The molecule has 0 amide bonds. The average molecular weight is 280 g/mol. The number of aliphatic hydroxyl groups excluding tert-OH is 1. The number of carbonyl (C=O) groups excluding carboxylic acids is 1. The molecule has 0 radical (unpaired) electrons. The number of aliphatic hydroxyl groups is 1. The Hall–Kier alpha value is -1.66. The molecule has 1 N–H and O–H groups in total. The fraction of sp³-hybridized carbons (Fsp3) is 0.571. The second kappa shape index (κ2) is 7.21. The molecule has 6 heteroatoms.